The number of imidazole rings is 1. The van der Waals surface area contributed by atoms with Gasteiger partial charge in [0.2, 0.25) is 5.91 Å². The number of nitrogens with zero attached hydrogens (tertiary/aromatic N) is 3. The number of hydrogen-bond acceptors (Lipinski definition) is 4. The Kier molecular flexibility index (Phi) is 6.93. The van der Waals surface area contributed by atoms with Crippen LogP contribution in [0.25, 0.3) is 11.8 Å². The number of methoxy groups -OCH3 is 1. The third-order valence-electron chi connectivity index (χ3n) is 5.42. The van der Waals surface area contributed by atoms with Gasteiger partial charge < -0.3 is 9.30 Å². The van der Waals surface area contributed by atoms with Crippen molar-refractivity contribution in [2.24, 2.45) is 0 Å². The summed E-state index contributed by atoms with van der Waals surface area (Å²) >= 11 is 3.39. The molecule has 4 rings (SSSR count). The highest BCUT2D eigenvalue weighted by molar-refractivity contribution is 9.10. The summed E-state index contributed by atoms with van der Waals surface area (Å²) in [5.41, 5.74) is 6.94. The molecule has 33 heavy (non-hydrogen) atoms. The van der Waals surface area contributed by atoms with Crippen LogP contribution in [0.4, 0.5) is 0 Å². The second-order valence-corrected chi connectivity index (χ2v) is 8.84. The van der Waals surface area contributed by atoms with Crippen LogP contribution in [0.3, 0.4) is 0 Å². The highest BCUT2D eigenvalue weighted by Crippen LogP contribution is 2.27. The number of hydrogen-bond donors (Lipinski definition) is 1. The maximum atomic E-state index is 13.0. The van der Waals surface area contributed by atoms with Gasteiger partial charge in [-0.05, 0) is 61.2 Å². The number of amides is 2. The number of piperidine rings is 1. The average molecular weight is 509 g/mol. The maximum Gasteiger partial charge on any atom is 0.268 e. The Morgan fingerprint density at radius 3 is 2.73 bits per heavy atom. The third-order valence-corrected chi connectivity index (χ3v) is 5.95. The van der Waals surface area contributed by atoms with Crippen molar-refractivity contribution in [3.05, 3.63) is 81.9 Å². The van der Waals surface area contributed by atoms with E-state index in [1.165, 1.54) is 5.01 Å². The first-order valence-electron chi connectivity index (χ1n) is 10.7. The van der Waals surface area contributed by atoms with Crippen LogP contribution in [0.15, 0.2) is 65.0 Å². The molecule has 0 aliphatic carbocycles. The SMILES string of the molecule is COc1cc(/C=C2\CCCN(NC(=O)Cc3ccc(Br)cc3)C2=O)ccc1-n1cnc(C)c1. The maximum absolute atomic E-state index is 13.0. The molecule has 170 valence electrons. The van der Waals surface area contributed by atoms with E-state index in [-0.39, 0.29) is 18.2 Å². The van der Waals surface area contributed by atoms with Gasteiger partial charge in [0.05, 0.1) is 31.2 Å². The van der Waals surface area contributed by atoms with E-state index in [0.29, 0.717) is 24.3 Å². The third kappa shape index (κ3) is 5.51. The Labute approximate surface area is 201 Å². The van der Waals surface area contributed by atoms with E-state index in [1.807, 2.05) is 66.2 Å². The molecule has 3 aromatic rings. The minimum Gasteiger partial charge on any atom is -0.495 e. The number of aryl methyl sites for hydroxylation is 1. The molecule has 0 spiro atoms. The van der Waals surface area contributed by atoms with Gasteiger partial charge in [0.1, 0.15) is 5.75 Å². The molecule has 1 aliphatic heterocycles. The van der Waals surface area contributed by atoms with Gasteiger partial charge in [0.25, 0.3) is 5.91 Å². The average Bonchev–Trinajstić information content (AvgIpc) is 3.24. The molecule has 0 radical (unpaired) electrons. The molecule has 1 fully saturated rings. The molecule has 0 atom stereocenters. The molecule has 8 heteroatoms. The monoisotopic (exact) mass is 508 g/mol. The van der Waals surface area contributed by atoms with Crippen LogP contribution >= 0.6 is 15.9 Å². The molecule has 0 bridgehead atoms. The zero-order chi connectivity index (χ0) is 23.4. The second-order valence-electron chi connectivity index (χ2n) is 7.92. The number of halogens is 1. The number of rotatable bonds is 6. The van der Waals surface area contributed by atoms with Gasteiger partial charge in [-0.3, -0.25) is 20.0 Å². The molecule has 2 amide bonds. The van der Waals surface area contributed by atoms with Crippen molar-refractivity contribution in [2.45, 2.75) is 26.2 Å². The summed E-state index contributed by atoms with van der Waals surface area (Å²) in [6, 6.07) is 13.3. The van der Waals surface area contributed by atoms with Gasteiger partial charge in [-0.15, -0.1) is 0 Å². The van der Waals surface area contributed by atoms with Crippen LogP contribution < -0.4 is 10.2 Å². The minimum atomic E-state index is -0.214. The molecule has 0 saturated carbocycles. The van der Waals surface area contributed by atoms with Crippen molar-refractivity contribution >= 4 is 33.8 Å². The van der Waals surface area contributed by atoms with Crippen LogP contribution in [0.1, 0.15) is 29.7 Å². The quantitative estimate of drug-likeness (QED) is 0.505. The largest absolute Gasteiger partial charge is 0.495 e. The Morgan fingerprint density at radius 1 is 1.24 bits per heavy atom. The van der Waals surface area contributed by atoms with E-state index in [0.717, 1.165) is 33.4 Å². The van der Waals surface area contributed by atoms with E-state index in [2.05, 4.69) is 26.3 Å². The predicted molar refractivity (Wildman–Crippen MR) is 130 cm³/mol. The summed E-state index contributed by atoms with van der Waals surface area (Å²) in [5.74, 6) is 0.289. The van der Waals surface area contributed by atoms with E-state index >= 15 is 0 Å². The number of carbonyl (C=O) groups excluding carboxylic acids is 2. The second kappa shape index (κ2) is 10.0. The lowest BCUT2D eigenvalue weighted by molar-refractivity contribution is -0.139. The molecule has 1 saturated heterocycles. The lowest BCUT2D eigenvalue weighted by atomic mass is 10.0. The van der Waals surface area contributed by atoms with E-state index in [9.17, 15) is 9.59 Å². The molecule has 2 heterocycles. The van der Waals surface area contributed by atoms with Crippen LogP contribution in [-0.4, -0.2) is 40.0 Å². The first kappa shape index (κ1) is 22.8. The summed E-state index contributed by atoms with van der Waals surface area (Å²) < 4.78 is 8.43. The van der Waals surface area contributed by atoms with Crippen molar-refractivity contribution in [3.63, 3.8) is 0 Å². The zero-order valence-electron chi connectivity index (χ0n) is 18.5. The van der Waals surface area contributed by atoms with E-state index in [1.54, 1.807) is 13.4 Å². The molecular weight excluding hydrogens is 484 g/mol. The van der Waals surface area contributed by atoms with Crippen molar-refractivity contribution in [2.75, 3.05) is 13.7 Å². The standard InChI is InChI=1S/C25H25BrN4O3/c1-17-15-29(16-27-17)22-10-7-19(13-23(22)33-2)12-20-4-3-11-30(25(20)32)28-24(31)14-18-5-8-21(26)9-6-18/h5-10,12-13,15-16H,3-4,11,14H2,1-2H3,(H,28,31)/b20-12+. The normalized spacial score (nSPS) is 15.1. The van der Waals surface area contributed by atoms with Crippen LogP contribution in [0.5, 0.6) is 5.75 Å². The molecule has 0 unspecified atom stereocenters. The highest BCUT2D eigenvalue weighted by atomic mass is 79.9. The number of benzene rings is 2. The molecule has 1 aliphatic rings. The Hall–Kier alpha value is -3.39. The van der Waals surface area contributed by atoms with E-state index < -0.39 is 0 Å². The van der Waals surface area contributed by atoms with Gasteiger partial charge in [-0.1, -0.05) is 34.1 Å². The fraction of sp³-hybridized carbons (Fsp3) is 0.240. The predicted octanol–water partition coefficient (Wildman–Crippen LogP) is 4.23. The summed E-state index contributed by atoms with van der Waals surface area (Å²) in [7, 11) is 1.62. The smallest absolute Gasteiger partial charge is 0.268 e. The first-order valence-corrected chi connectivity index (χ1v) is 11.5. The number of carbonyl (C=O) groups is 2. The Bertz CT molecular complexity index is 1200. The topological polar surface area (TPSA) is 76.5 Å². The molecular formula is C25H25BrN4O3. The summed E-state index contributed by atoms with van der Waals surface area (Å²) in [5, 5.41) is 1.41. The summed E-state index contributed by atoms with van der Waals surface area (Å²) in [6.07, 6.45) is 7.17. The molecule has 1 aromatic heterocycles. The van der Waals surface area contributed by atoms with Gasteiger partial charge >= 0.3 is 0 Å². The summed E-state index contributed by atoms with van der Waals surface area (Å²) in [6.45, 7) is 2.42. The number of nitrogens with one attached hydrogen (secondary N) is 1. The Balaban J connectivity index is 1.47. The van der Waals surface area contributed by atoms with Crippen LogP contribution in [0.2, 0.25) is 0 Å². The van der Waals surface area contributed by atoms with E-state index in [4.69, 9.17) is 4.74 Å². The lowest BCUT2D eigenvalue weighted by Crippen LogP contribution is -2.49. The van der Waals surface area contributed by atoms with Crippen LogP contribution in [-0.2, 0) is 16.0 Å². The van der Waals surface area contributed by atoms with Crippen molar-refractivity contribution in [3.8, 4) is 11.4 Å². The van der Waals surface area contributed by atoms with Crippen molar-refractivity contribution in [1.29, 1.82) is 0 Å². The van der Waals surface area contributed by atoms with Gasteiger partial charge in [-0.25, -0.2) is 4.98 Å². The lowest BCUT2D eigenvalue weighted by Gasteiger charge is -2.28. The minimum absolute atomic E-state index is 0.182. The number of aromatic nitrogens is 2. The van der Waals surface area contributed by atoms with Gasteiger partial charge in [-0.2, -0.15) is 0 Å². The highest BCUT2D eigenvalue weighted by Gasteiger charge is 2.25. The first-order chi connectivity index (χ1) is 15.9. The van der Waals surface area contributed by atoms with Gasteiger partial charge in [0.15, 0.2) is 0 Å². The van der Waals surface area contributed by atoms with Gasteiger partial charge in [0, 0.05) is 22.8 Å². The molecule has 2 aromatic carbocycles. The fourth-order valence-corrected chi connectivity index (χ4v) is 4.04. The van der Waals surface area contributed by atoms with Crippen molar-refractivity contribution < 1.29 is 14.3 Å². The summed E-state index contributed by atoms with van der Waals surface area (Å²) in [4.78, 5) is 29.7. The fourth-order valence-electron chi connectivity index (χ4n) is 3.78. The number of ether oxygens (including phenoxy) is 1. The zero-order valence-corrected chi connectivity index (χ0v) is 20.1. The van der Waals surface area contributed by atoms with Crippen molar-refractivity contribution in [1.82, 2.24) is 20.0 Å². The molecule has 1 N–H and O–H groups in total. The van der Waals surface area contributed by atoms with Crippen LogP contribution in [0, 0.1) is 6.92 Å². The Morgan fingerprint density at radius 2 is 2.03 bits per heavy atom. The molecule has 7 nitrogen and oxygen atoms in total. The number of hydrazine groups is 1.